The quantitative estimate of drug-likeness (QED) is 0.850. The Bertz CT molecular complexity index is 811. The summed E-state index contributed by atoms with van der Waals surface area (Å²) in [5, 5.41) is 12.7. The fourth-order valence-corrected chi connectivity index (χ4v) is 3.10. The number of nitrogens with zero attached hydrogens (tertiary/aromatic N) is 1. The van der Waals surface area contributed by atoms with Crippen molar-refractivity contribution in [2.24, 2.45) is 0 Å². The molecule has 1 aliphatic heterocycles. The second-order valence-corrected chi connectivity index (χ2v) is 5.79. The van der Waals surface area contributed by atoms with Crippen LogP contribution in [0.5, 0.6) is 5.75 Å². The molecule has 5 nitrogen and oxygen atoms in total. The highest BCUT2D eigenvalue weighted by Gasteiger charge is 2.24. The molecule has 2 aromatic carbocycles. The van der Waals surface area contributed by atoms with Gasteiger partial charge in [-0.3, -0.25) is 0 Å². The monoisotopic (exact) mass is 336 g/mol. The van der Waals surface area contributed by atoms with Gasteiger partial charge in [0.25, 0.3) is 0 Å². The third-order valence-electron chi connectivity index (χ3n) is 4.21. The van der Waals surface area contributed by atoms with Gasteiger partial charge in [-0.05, 0) is 42.7 Å². The summed E-state index contributed by atoms with van der Waals surface area (Å²) in [6.45, 7) is 2.77. The van der Waals surface area contributed by atoms with E-state index in [1.807, 2.05) is 18.2 Å². The number of benzene rings is 2. The average molecular weight is 336 g/mol. The maximum absolute atomic E-state index is 11.6. The summed E-state index contributed by atoms with van der Waals surface area (Å²) in [6.07, 6.45) is 0.962. The summed E-state index contributed by atoms with van der Waals surface area (Å²) in [6, 6.07) is 15.6. The first-order chi connectivity index (χ1) is 12.2. The van der Waals surface area contributed by atoms with Gasteiger partial charge in [-0.2, -0.15) is 5.26 Å². The van der Waals surface area contributed by atoms with Crippen LogP contribution in [0.25, 0.3) is 0 Å². The van der Waals surface area contributed by atoms with Crippen LogP contribution < -0.4 is 10.1 Å². The minimum Gasteiger partial charge on any atom is -0.482 e. The van der Waals surface area contributed by atoms with Crippen LogP contribution in [0.4, 0.5) is 0 Å². The molecule has 1 heterocycles. The highest BCUT2D eigenvalue weighted by Crippen LogP contribution is 2.34. The molecule has 0 aliphatic carbocycles. The molecule has 128 valence electrons. The highest BCUT2D eigenvalue weighted by atomic mass is 16.6. The molecule has 25 heavy (non-hydrogen) atoms. The Hall–Kier alpha value is -2.84. The van der Waals surface area contributed by atoms with Crippen LogP contribution in [0, 0.1) is 11.3 Å². The van der Waals surface area contributed by atoms with E-state index in [1.54, 1.807) is 19.1 Å². The highest BCUT2D eigenvalue weighted by molar-refractivity contribution is 5.71. The summed E-state index contributed by atoms with van der Waals surface area (Å²) >= 11 is 0. The fourth-order valence-electron chi connectivity index (χ4n) is 3.10. The van der Waals surface area contributed by atoms with E-state index in [0.717, 1.165) is 18.5 Å². The molecule has 1 atom stereocenters. The van der Waals surface area contributed by atoms with Crippen LogP contribution in [0.1, 0.15) is 35.2 Å². The van der Waals surface area contributed by atoms with E-state index in [4.69, 9.17) is 9.47 Å². The topological polar surface area (TPSA) is 71.3 Å². The number of rotatable bonds is 5. The molecule has 5 heteroatoms. The van der Waals surface area contributed by atoms with Crippen LogP contribution >= 0.6 is 0 Å². The lowest BCUT2D eigenvalue weighted by Gasteiger charge is -2.28. The number of hydrogen-bond donors (Lipinski definition) is 1. The Kier molecular flexibility index (Phi) is 5.32. The van der Waals surface area contributed by atoms with Crippen molar-refractivity contribution in [1.29, 1.82) is 5.26 Å². The maximum atomic E-state index is 11.6. The van der Waals surface area contributed by atoms with Crippen LogP contribution in [0.15, 0.2) is 42.5 Å². The summed E-state index contributed by atoms with van der Waals surface area (Å²) in [5.74, 6) is 0.177. The number of nitrogens with one attached hydrogen (secondary N) is 1. The fraction of sp³-hybridized carbons (Fsp3) is 0.300. The molecule has 0 amide bonds. The first-order valence-electron chi connectivity index (χ1n) is 8.36. The molecular weight excluding hydrogens is 316 g/mol. The van der Waals surface area contributed by atoms with Gasteiger partial charge < -0.3 is 14.8 Å². The lowest BCUT2D eigenvalue weighted by molar-refractivity contribution is -0.145. The Balaban J connectivity index is 1.94. The number of ether oxygens (including phenoxy) is 2. The smallest absolute Gasteiger partial charge is 0.344 e. The van der Waals surface area contributed by atoms with Crippen molar-refractivity contribution in [1.82, 2.24) is 5.32 Å². The first-order valence-corrected chi connectivity index (χ1v) is 8.36. The third kappa shape index (κ3) is 3.81. The summed E-state index contributed by atoms with van der Waals surface area (Å²) in [7, 11) is 0. The van der Waals surface area contributed by atoms with Gasteiger partial charge in [0.15, 0.2) is 6.61 Å². The zero-order chi connectivity index (χ0) is 17.6. The maximum Gasteiger partial charge on any atom is 0.344 e. The Morgan fingerprint density at radius 2 is 2.12 bits per heavy atom. The molecule has 0 saturated heterocycles. The minimum atomic E-state index is -0.408. The number of hydrogen-bond acceptors (Lipinski definition) is 5. The Morgan fingerprint density at radius 1 is 1.28 bits per heavy atom. The molecule has 0 radical (unpaired) electrons. The standard InChI is InChI=1S/C20H20N2O3/c1-2-24-19(23)13-25-18-8-7-14(12-21)11-17(18)20-16-6-4-3-5-15(16)9-10-22-20/h3-8,11,20,22H,2,9-10,13H2,1H3. The van der Waals surface area contributed by atoms with E-state index < -0.39 is 5.97 Å². The number of esters is 1. The van der Waals surface area contributed by atoms with Crippen molar-refractivity contribution < 1.29 is 14.3 Å². The van der Waals surface area contributed by atoms with E-state index in [1.165, 1.54) is 11.1 Å². The molecular formula is C20H20N2O3. The normalized spacial score (nSPS) is 15.8. The molecule has 2 aromatic rings. The zero-order valence-corrected chi connectivity index (χ0v) is 14.1. The zero-order valence-electron chi connectivity index (χ0n) is 14.1. The van der Waals surface area contributed by atoms with Crippen molar-refractivity contribution in [2.75, 3.05) is 19.8 Å². The molecule has 1 aliphatic rings. The molecule has 0 spiro atoms. The van der Waals surface area contributed by atoms with Crippen molar-refractivity contribution in [3.05, 3.63) is 64.7 Å². The van der Waals surface area contributed by atoms with Gasteiger partial charge in [0.1, 0.15) is 5.75 Å². The predicted molar refractivity (Wildman–Crippen MR) is 93.3 cm³/mol. The van der Waals surface area contributed by atoms with Crippen molar-refractivity contribution in [2.45, 2.75) is 19.4 Å². The lowest BCUT2D eigenvalue weighted by Crippen LogP contribution is -2.31. The van der Waals surface area contributed by atoms with Gasteiger partial charge in [0.2, 0.25) is 0 Å². The van der Waals surface area contributed by atoms with Crippen molar-refractivity contribution >= 4 is 5.97 Å². The molecule has 0 saturated carbocycles. The summed E-state index contributed by atoms with van der Waals surface area (Å²) < 4.78 is 10.6. The van der Waals surface area contributed by atoms with Gasteiger partial charge in [-0.15, -0.1) is 0 Å². The van der Waals surface area contributed by atoms with E-state index >= 15 is 0 Å². The Morgan fingerprint density at radius 3 is 2.92 bits per heavy atom. The van der Waals surface area contributed by atoms with Gasteiger partial charge in [-0.1, -0.05) is 24.3 Å². The van der Waals surface area contributed by atoms with E-state index in [-0.39, 0.29) is 12.6 Å². The number of nitriles is 1. The molecule has 3 rings (SSSR count). The van der Waals surface area contributed by atoms with Crippen molar-refractivity contribution in [3.63, 3.8) is 0 Å². The number of fused-ring (bicyclic) bond motifs is 1. The lowest BCUT2D eigenvalue weighted by atomic mass is 9.89. The SMILES string of the molecule is CCOC(=O)COc1ccc(C#N)cc1C1NCCc2ccccc21. The largest absolute Gasteiger partial charge is 0.482 e. The van der Waals surface area contributed by atoms with Gasteiger partial charge in [0, 0.05) is 12.1 Å². The van der Waals surface area contributed by atoms with E-state index in [9.17, 15) is 10.1 Å². The predicted octanol–water partition coefficient (Wildman–Crippen LogP) is 2.74. The van der Waals surface area contributed by atoms with Crippen LogP contribution in [0.3, 0.4) is 0 Å². The van der Waals surface area contributed by atoms with Crippen LogP contribution in [-0.2, 0) is 16.0 Å². The molecule has 0 aromatic heterocycles. The third-order valence-corrected chi connectivity index (χ3v) is 4.21. The average Bonchev–Trinajstić information content (AvgIpc) is 2.66. The number of carbonyl (C=O) groups excluding carboxylic acids is 1. The molecule has 1 unspecified atom stereocenters. The number of carbonyl (C=O) groups is 1. The second-order valence-electron chi connectivity index (χ2n) is 5.79. The summed E-state index contributed by atoms with van der Waals surface area (Å²) in [5.41, 5.74) is 3.87. The van der Waals surface area contributed by atoms with Crippen LogP contribution in [-0.4, -0.2) is 25.7 Å². The van der Waals surface area contributed by atoms with Crippen LogP contribution in [0.2, 0.25) is 0 Å². The van der Waals surface area contributed by atoms with E-state index in [0.29, 0.717) is 17.9 Å². The summed E-state index contributed by atoms with van der Waals surface area (Å²) in [4.78, 5) is 11.6. The van der Waals surface area contributed by atoms with Gasteiger partial charge in [-0.25, -0.2) is 4.79 Å². The minimum absolute atomic E-state index is 0.0737. The van der Waals surface area contributed by atoms with E-state index in [2.05, 4.69) is 23.5 Å². The van der Waals surface area contributed by atoms with Gasteiger partial charge in [0.05, 0.1) is 24.3 Å². The molecule has 1 N–H and O–H groups in total. The first kappa shape index (κ1) is 17.0. The van der Waals surface area contributed by atoms with Crippen molar-refractivity contribution in [3.8, 4) is 11.8 Å². The molecule has 0 fully saturated rings. The van der Waals surface area contributed by atoms with Gasteiger partial charge >= 0.3 is 5.97 Å². The molecule has 0 bridgehead atoms. The Labute approximate surface area is 147 Å². The second kappa shape index (κ2) is 7.82.